The number of hydrogen-bond acceptors (Lipinski definition) is 6. The summed E-state index contributed by atoms with van der Waals surface area (Å²) in [6.45, 7) is 8.54. The van der Waals surface area contributed by atoms with Crippen molar-refractivity contribution in [1.29, 1.82) is 0 Å². The molecule has 7 rings (SSSR count). The second kappa shape index (κ2) is 8.01. The fourth-order valence-electron chi connectivity index (χ4n) is 7.09. The molecule has 0 saturated heterocycles. The molecule has 2 unspecified atom stereocenters. The molecule has 4 N–H and O–H groups in total. The predicted octanol–water partition coefficient (Wildman–Crippen LogP) is 5.26. The number of anilines is 4. The molecule has 1 saturated carbocycles. The van der Waals surface area contributed by atoms with E-state index >= 15 is 0 Å². The summed E-state index contributed by atoms with van der Waals surface area (Å²) in [4.78, 5) is 0. The van der Waals surface area contributed by atoms with Gasteiger partial charge < -0.3 is 31.5 Å². The summed E-state index contributed by atoms with van der Waals surface area (Å²) in [5.41, 5.74) is 5.46. The standard InChI is InChI=1S/C32H34N4O2/c1-5-32(6-2)35-22-12-8-10-18-20(14-16-24(36-32)26(18)22)28-29(37)27(30(28)38)19-13-15-23-25-17(19)9-7-11-21(25)33-31(3,4)34-23/h7-16,27-30,33-36H,5-6H2,1-4H3/q-2. The van der Waals surface area contributed by atoms with Crippen molar-refractivity contribution in [3.05, 3.63) is 71.8 Å². The van der Waals surface area contributed by atoms with Gasteiger partial charge in [-0.25, -0.2) is 0 Å². The van der Waals surface area contributed by atoms with Gasteiger partial charge in [0.2, 0.25) is 0 Å². The molecule has 4 aromatic rings. The van der Waals surface area contributed by atoms with Gasteiger partial charge in [-0.3, -0.25) is 0 Å². The second-order valence-electron chi connectivity index (χ2n) is 11.8. The monoisotopic (exact) mass is 506 g/mol. The van der Waals surface area contributed by atoms with E-state index in [0.717, 1.165) is 68.3 Å². The van der Waals surface area contributed by atoms with E-state index in [1.807, 2.05) is 36.4 Å². The topological polar surface area (TPSA) is 94.2 Å². The Kier molecular flexibility index (Phi) is 4.98. The molecule has 6 nitrogen and oxygen atoms in total. The smallest absolute Gasteiger partial charge is 0.107 e. The Morgan fingerprint density at radius 2 is 1.03 bits per heavy atom. The van der Waals surface area contributed by atoms with E-state index in [2.05, 4.69) is 73.2 Å². The van der Waals surface area contributed by atoms with Gasteiger partial charge in [-0.05, 0) is 84.7 Å². The van der Waals surface area contributed by atoms with Crippen molar-refractivity contribution in [2.75, 3.05) is 21.3 Å². The lowest BCUT2D eigenvalue weighted by molar-refractivity contribution is -0.535. The van der Waals surface area contributed by atoms with E-state index in [4.69, 9.17) is 0 Å². The maximum atomic E-state index is 13.9. The van der Waals surface area contributed by atoms with Gasteiger partial charge in [-0.2, -0.15) is 0 Å². The van der Waals surface area contributed by atoms with Crippen LogP contribution in [0.25, 0.3) is 21.5 Å². The Balaban J connectivity index is 1.28. The fraction of sp³-hybridized carbons (Fsp3) is 0.375. The lowest BCUT2D eigenvalue weighted by Crippen LogP contribution is -2.63. The van der Waals surface area contributed by atoms with E-state index < -0.39 is 24.0 Å². The van der Waals surface area contributed by atoms with Gasteiger partial charge >= 0.3 is 0 Å². The first-order valence-electron chi connectivity index (χ1n) is 13.8. The van der Waals surface area contributed by atoms with Crippen molar-refractivity contribution in [2.45, 2.75) is 75.9 Å². The quantitative estimate of drug-likeness (QED) is 0.302. The van der Waals surface area contributed by atoms with Crippen molar-refractivity contribution >= 4 is 44.3 Å². The summed E-state index contributed by atoms with van der Waals surface area (Å²) in [6.07, 6.45) is -0.119. The molecular weight excluding hydrogens is 472 g/mol. The van der Waals surface area contributed by atoms with E-state index in [0.29, 0.717) is 0 Å². The predicted molar refractivity (Wildman–Crippen MR) is 153 cm³/mol. The van der Waals surface area contributed by atoms with Crippen LogP contribution < -0.4 is 31.5 Å². The first kappa shape index (κ1) is 23.6. The van der Waals surface area contributed by atoms with Crippen molar-refractivity contribution in [2.24, 2.45) is 0 Å². The van der Waals surface area contributed by atoms with Crippen LogP contribution >= 0.6 is 0 Å². The molecule has 2 atom stereocenters. The Morgan fingerprint density at radius 3 is 1.50 bits per heavy atom. The largest absolute Gasteiger partial charge is 0.851 e. The maximum Gasteiger partial charge on any atom is 0.107 e. The van der Waals surface area contributed by atoms with Crippen LogP contribution in [0.4, 0.5) is 22.7 Å². The van der Waals surface area contributed by atoms with Crippen molar-refractivity contribution < 1.29 is 10.2 Å². The summed E-state index contributed by atoms with van der Waals surface area (Å²) in [7, 11) is 0. The van der Waals surface area contributed by atoms with Gasteiger partial charge in [0.25, 0.3) is 0 Å². The van der Waals surface area contributed by atoms with Crippen LogP contribution in [0.2, 0.25) is 0 Å². The highest BCUT2D eigenvalue weighted by Crippen LogP contribution is 2.52. The Bertz CT molecular complexity index is 1550. The molecule has 4 aromatic carbocycles. The molecule has 6 heteroatoms. The SMILES string of the molecule is CCC1(CC)Nc2cccc3c(C4C([O-])C(c5ccc6c7c(cccc57)NC(C)(C)N6)C4[O-])ccc(c23)N1. The third kappa shape index (κ3) is 3.20. The van der Waals surface area contributed by atoms with Gasteiger partial charge in [-0.15, -0.1) is 12.2 Å². The number of nitrogens with one attached hydrogen (secondary N) is 4. The maximum absolute atomic E-state index is 13.9. The molecule has 196 valence electrons. The third-order valence-corrected chi connectivity index (χ3v) is 9.13. The molecular formula is C32H34N4O2-2. The number of rotatable bonds is 4. The molecule has 1 aliphatic carbocycles. The van der Waals surface area contributed by atoms with Crippen LogP contribution in [0.15, 0.2) is 60.7 Å². The molecule has 0 bridgehead atoms. The average molecular weight is 507 g/mol. The van der Waals surface area contributed by atoms with Crippen LogP contribution in [0.5, 0.6) is 0 Å². The highest BCUT2D eigenvalue weighted by atomic mass is 16.3. The summed E-state index contributed by atoms with van der Waals surface area (Å²) < 4.78 is 0. The van der Waals surface area contributed by atoms with E-state index in [1.54, 1.807) is 0 Å². The minimum atomic E-state index is -0.998. The molecule has 2 aliphatic heterocycles. The molecule has 0 aromatic heterocycles. The molecule has 0 spiro atoms. The van der Waals surface area contributed by atoms with E-state index in [9.17, 15) is 10.2 Å². The Morgan fingerprint density at radius 1 is 0.605 bits per heavy atom. The van der Waals surface area contributed by atoms with Gasteiger partial charge in [0.15, 0.2) is 0 Å². The molecule has 3 aliphatic rings. The molecule has 0 amide bonds. The third-order valence-electron chi connectivity index (χ3n) is 9.13. The molecule has 0 radical (unpaired) electrons. The zero-order valence-corrected chi connectivity index (χ0v) is 22.3. The minimum absolute atomic E-state index is 0.194. The van der Waals surface area contributed by atoms with Crippen LogP contribution in [-0.4, -0.2) is 23.5 Å². The molecule has 38 heavy (non-hydrogen) atoms. The summed E-state index contributed by atoms with van der Waals surface area (Å²) in [5.74, 6) is -1.15. The van der Waals surface area contributed by atoms with Gasteiger partial charge in [0.1, 0.15) is 11.3 Å². The molecule has 2 heterocycles. The zero-order chi connectivity index (χ0) is 26.4. The van der Waals surface area contributed by atoms with Crippen LogP contribution in [-0.2, 0) is 0 Å². The summed E-state index contributed by atoms with van der Waals surface area (Å²) >= 11 is 0. The summed E-state index contributed by atoms with van der Waals surface area (Å²) in [5, 5.41) is 46.4. The summed E-state index contributed by atoms with van der Waals surface area (Å²) in [6, 6.07) is 20.4. The van der Waals surface area contributed by atoms with Gasteiger partial charge in [-0.1, -0.05) is 50.2 Å². The van der Waals surface area contributed by atoms with Crippen molar-refractivity contribution in [1.82, 2.24) is 0 Å². The average Bonchev–Trinajstić information content (AvgIpc) is 2.91. The van der Waals surface area contributed by atoms with Gasteiger partial charge in [0, 0.05) is 33.5 Å². The first-order chi connectivity index (χ1) is 18.3. The zero-order valence-electron chi connectivity index (χ0n) is 22.3. The first-order valence-corrected chi connectivity index (χ1v) is 13.8. The number of benzene rings is 4. The van der Waals surface area contributed by atoms with Crippen molar-refractivity contribution in [3.63, 3.8) is 0 Å². The highest BCUT2D eigenvalue weighted by molar-refractivity contribution is 6.08. The lowest BCUT2D eigenvalue weighted by Gasteiger charge is -2.62. The van der Waals surface area contributed by atoms with E-state index in [-0.39, 0.29) is 11.3 Å². The fourth-order valence-corrected chi connectivity index (χ4v) is 7.09. The Labute approximate surface area is 223 Å². The van der Waals surface area contributed by atoms with E-state index in [1.165, 1.54) is 0 Å². The van der Waals surface area contributed by atoms with Crippen LogP contribution in [0, 0.1) is 0 Å². The number of hydrogen-bond donors (Lipinski definition) is 4. The van der Waals surface area contributed by atoms with Crippen LogP contribution in [0.3, 0.4) is 0 Å². The Hall–Kier alpha value is -3.48. The van der Waals surface area contributed by atoms with Crippen molar-refractivity contribution in [3.8, 4) is 0 Å². The highest BCUT2D eigenvalue weighted by Gasteiger charge is 2.41. The molecule has 1 fully saturated rings. The van der Waals surface area contributed by atoms with Crippen LogP contribution in [0.1, 0.15) is 63.5 Å². The second-order valence-corrected chi connectivity index (χ2v) is 11.8. The normalized spacial score (nSPS) is 26.1. The lowest BCUT2D eigenvalue weighted by atomic mass is 9.62. The van der Waals surface area contributed by atoms with Gasteiger partial charge in [0.05, 0.1) is 0 Å². The minimum Gasteiger partial charge on any atom is -0.851 e.